The number of fused-ring (bicyclic) bond motifs is 2. The van der Waals surface area contributed by atoms with Crippen molar-refractivity contribution in [3.05, 3.63) is 74.1 Å². The Morgan fingerprint density at radius 1 is 1.00 bits per heavy atom. The third-order valence-electron chi connectivity index (χ3n) is 4.95. The van der Waals surface area contributed by atoms with Crippen LogP contribution in [0.5, 0.6) is 0 Å². The number of aromatic nitrogens is 3. The van der Waals surface area contributed by atoms with Crippen LogP contribution in [0.3, 0.4) is 0 Å². The lowest BCUT2D eigenvalue weighted by Crippen LogP contribution is -2.37. The number of nitrogens with zero attached hydrogens (tertiary/aromatic N) is 3. The number of Topliss-reactive ketones (excluding diaryl/α,β-unsaturated/α-hetero) is 1. The molecule has 25 heavy (non-hydrogen) atoms. The molecule has 1 aromatic carbocycles. The van der Waals surface area contributed by atoms with Crippen LogP contribution in [0.25, 0.3) is 11.0 Å². The van der Waals surface area contributed by atoms with Gasteiger partial charge >= 0.3 is 5.69 Å². The van der Waals surface area contributed by atoms with Gasteiger partial charge in [0.15, 0.2) is 5.78 Å². The normalized spacial score (nSPS) is 16.9. The first-order chi connectivity index (χ1) is 12.0. The predicted molar refractivity (Wildman–Crippen MR) is 94.1 cm³/mol. The molecule has 0 bridgehead atoms. The standard InChI is InChI=1S/C19H17N3O3/c1-21-17-14(18(24)22(2)19(21)25)10-13-15(20-17)8-12(9-16(13)23)11-6-4-3-5-7-11/h3-7,10,12H,8-9H2,1-2H3/t12-/m1/s1. The average molecular weight is 335 g/mol. The highest BCUT2D eigenvalue weighted by atomic mass is 16.2. The van der Waals surface area contributed by atoms with E-state index in [0.717, 1.165) is 10.1 Å². The van der Waals surface area contributed by atoms with Gasteiger partial charge < -0.3 is 0 Å². The average Bonchev–Trinajstić information content (AvgIpc) is 2.64. The van der Waals surface area contributed by atoms with Crippen molar-refractivity contribution in [2.75, 3.05) is 0 Å². The molecule has 0 radical (unpaired) electrons. The minimum Gasteiger partial charge on any atom is -0.294 e. The minimum atomic E-state index is -0.425. The van der Waals surface area contributed by atoms with Crippen LogP contribution in [-0.4, -0.2) is 19.9 Å². The van der Waals surface area contributed by atoms with Crippen molar-refractivity contribution >= 4 is 16.8 Å². The molecule has 6 heteroatoms. The maximum absolute atomic E-state index is 12.6. The van der Waals surface area contributed by atoms with Gasteiger partial charge in [-0.3, -0.25) is 18.7 Å². The summed E-state index contributed by atoms with van der Waals surface area (Å²) >= 11 is 0. The van der Waals surface area contributed by atoms with Gasteiger partial charge in [0.25, 0.3) is 5.56 Å². The number of hydrogen-bond acceptors (Lipinski definition) is 4. The molecule has 6 nitrogen and oxygen atoms in total. The Morgan fingerprint density at radius 3 is 2.44 bits per heavy atom. The highest BCUT2D eigenvalue weighted by Gasteiger charge is 2.28. The van der Waals surface area contributed by atoms with Crippen LogP contribution in [0.1, 0.15) is 34.0 Å². The lowest BCUT2D eigenvalue weighted by Gasteiger charge is -2.24. The van der Waals surface area contributed by atoms with Crippen molar-refractivity contribution < 1.29 is 4.79 Å². The first-order valence-electron chi connectivity index (χ1n) is 8.15. The highest BCUT2D eigenvalue weighted by molar-refractivity contribution is 6.01. The van der Waals surface area contributed by atoms with E-state index in [1.807, 2.05) is 30.3 Å². The molecule has 126 valence electrons. The van der Waals surface area contributed by atoms with E-state index in [0.29, 0.717) is 35.1 Å². The summed E-state index contributed by atoms with van der Waals surface area (Å²) in [4.78, 5) is 41.7. The van der Waals surface area contributed by atoms with Crippen molar-refractivity contribution in [3.63, 3.8) is 0 Å². The van der Waals surface area contributed by atoms with Crippen LogP contribution in [0.4, 0.5) is 0 Å². The number of benzene rings is 1. The molecule has 1 aliphatic rings. The molecule has 0 spiro atoms. The lowest BCUT2D eigenvalue weighted by molar-refractivity contribution is 0.0963. The minimum absolute atomic E-state index is 0.0135. The molecule has 0 amide bonds. The van der Waals surface area contributed by atoms with Crippen LogP contribution in [0.2, 0.25) is 0 Å². The molecule has 1 aliphatic carbocycles. The van der Waals surface area contributed by atoms with Crippen molar-refractivity contribution in [1.29, 1.82) is 0 Å². The molecule has 1 atom stereocenters. The zero-order chi connectivity index (χ0) is 17.7. The third kappa shape index (κ3) is 2.33. The van der Waals surface area contributed by atoms with E-state index in [9.17, 15) is 14.4 Å². The van der Waals surface area contributed by atoms with Gasteiger partial charge in [0.1, 0.15) is 5.65 Å². The molecule has 0 unspecified atom stereocenters. The predicted octanol–water partition coefficient (Wildman–Crippen LogP) is 1.54. The summed E-state index contributed by atoms with van der Waals surface area (Å²) in [5.74, 6) is 0.0510. The molecule has 0 fully saturated rings. The molecule has 2 aromatic heterocycles. The second-order valence-electron chi connectivity index (χ2n) is 6.50. The van der Waals surface area contributed by atoms with E-state index in [1.165, 1.54) is 11.6 Å². The number of pyridine rings is 1. The van der Waals surface area contributed by atoms with Crippen molar-refractivity contribution in [1.82, 2.24) is 14.1 Å². The maximum atomic E-state index is 12.6. The summed E-state index contributed by atoms with van der Waals surface area (Å²) in [5, 5.41) is 0.301. The summed E-state index contributed by atoms with van der Waals surface area (Å²) in [6.45, 7) is 0. The Kier molecular flexibility index (Phi) is 3.42. The molecule has 2 heterocycles. The molecule has 0 N–H and O–H groups in total. The SMILES string of the molecule is Cn1c(=O)c2cc3c(nc2n(C)c1=O)C[C@@H](c1ccccc1)CC3=O. The number of carbonyl (C=O) groups excluding carboxylic acids is 1. The molecule has 3 aromatic rings. The Labute approximate surface area is 143 Å². The Balaban J connectivity index is 1.93. The van der Waals surface area contributed by atoms with Gasteiger partial charge in [0, 0.05) is 26.1 Å². The zero-order valence-electron chi connectivity index (χ0n) is 14.0. The fraction of sp³-hybridized carbons (Fsp3) is 0.263. The highest BCUT2D eigenvalue weighted by Crippen LogP contribution is 2.32. The molecule has 0 saturated heterocycles. The zero-order valence-corrected chi connectivity index (χ0v) is 14.0. The second-order valence-corrected chi connectivity index (χ2v) is 6.50. The number of aryl methyl sites for hydroxylation is 1. The summed E-state index contributed by atoms with van der Waals surface area (Å²) in [6, 6.07) is 11.5. The van der Waals surface area contributed by atoms with Gasteiger partial charge in [-0.2, -0.15) is 0 Å². The molecular formula is C19H17N3O3. The van der Waals surface area contributed by atoms with Gasteiger partial charge in [-0.25, -0.2) is 9.78 Å². The molecular weight excluding hydrogens is 318 g/mol. The summed E-state index contributed by atoms with van der Waals surface area (Å²) in [6.07, 6.45) is 1.01. The topological polar surface area (TPSA) is 74.0 Å². The number of ketones is 1. The van der Waals surface area contributed by atoms with Gasteiger partial charge in [0.05, 0.1) is 11.1 Å². The fourth-order valence-electron chi connectivity index (χ4n) is 3.53. The fourth-order valence-corrected chi connectivity index (χ4v) is 3.53. The van der Waals surface area contributed by atoms with Gasteiger partial charge in [-0.05, 0) is 24.0 Å². The van der Waals surface area contributed by atoms with E-state index in [1.54, 1.807) is 13.1 Å². The van der Waals surface area contributed by atoms with E-state index in [2.05, 4.69) is 4.98 Å². The Hall–Kier alpha value is -3.02. The van der Waals surface area contributed by atoms with Crippen LogP contribution < -0.4 is 11.2 Å². The smallest absolute Gasteiger partial charge is 0.294 e. The van der Waals surface area contributed by atoms with Crippen LogP contribution in [0.15, 0.2) is 46.0 Å². The number of hydrogen-bond donors (Lipinski definition) is 0. The van der Waals surface area contributed by atoms with E-state index in [-0.39, 0.29) is 11.7 Å². The number of carbonyl (C=O) groups is 1. The lowest BCUT2D eigenvalue weighted by atomic mass is 9.81. The van der Waals surface area contributed by atoms with Crippen LogP contribution in [0, 0.1) is 0 Å². The van der Waals surface area contributed by atoms with Gasteiger partial charge in [0.2, 0.25) is 0 Å². The third-order valence-corrected chi connectivity index (χ3v) is 4.95. The summed E-state index contributed by atoms with van der Waals surface area (Å²) in [7, 11) is 3.01. The van der Waals surface area contributed by atoms with Crippen molar-refractivity contribution in [3.8, 4) is 0 Å². The van der Waals surface area contributed by atoms with Gasteiger partial charge in [-0.1, -0.05) is 30.3 Å². The van der Waals surface area contributed by atoms with E-state index in [4.69, 9.17) is 0 Å². The van der Waals surface area contributed by atoms with Crippen molar-refractivity contribution in [2.24, 2.45) is 14.1 Å². The number of rotatable bonds is 1. The Morgan fingerprint density at radius 2 is 1.72 bits per heavy atom. The molecule has 4 rings (SSSR count). The van der Waals surface area contributed by atoms with Crippen LogP contribution in [-0.2, 0) is 20.5 Å². The Bertz CT molecular complexity index is 1130. The first-order valence-corrected chi connectivity index (χ1v) is 8.15. The summed E-state index contributed by atoms with van der Waals surface area (Å²) in [5.41, 5.74) is 1.73. The van der Waals surface area contributed by atoms with Gasteiger partial charge in [-0.15, -0.1) is 0 Å². The maximum Gasteiger partial charge on any atom is 0.332 e. The summed E-state index contributed by atoms with van der Waals surface area (Å²) < 4.78 is 2.39. The van der Waals surface area contributed by atoms with E-state index >= 15 is 0 Å². The second kappa shape index (κ2) is 5.51. The quantitative estimate of drug-likeness (QED) is 0.676. The molecule has 0 aliphatic heterocycles. The van der Waals surface area contributed by atoms with E-state index < -0.39 is 11.2 Å². The largest absolute Gasteiger partial charge is 0.332 e. The monoisotopic (exact) mass is 335 g/mol. The molecule has 0 saturated carbocycles. The van der Waals surface area contributed by atoms with Crippen molar-refractivity contribution in [2.45, 2.75) is 18.8 Å². The first kappa shape index (κ1) is 15.5. The van der Waals surface area contributed by atoms with Crippen LogP contribution >= 0.6 is 0 Å².